The van der Waals surface area contributed by atoms with Crippen molar-refractivity contribution < 1.29 is 9.53 Å². The van der Waals surface area contributed by atoms with Crippen molar-refractivity contribution in [1.82, 2.24) is 10.2 Å². The first-order chi connectivity index (χ1) is 7.86. The van der Waals surface area contributed by atoms with Crippen molar-refractivity contribution in [3.8, 4) is 0 Å². The summed E-state index contributed by atoms with van der Waals surface area (Å²) in [4.78, 5) is 13.6. The SMILES string of the molecule is O=C(CNCC1CCC=CO1)N1CCCC1. The first kappa shape index (κ1) is 11.5. The van der Waals surface area contributed by atoms with Gasteiger partial charge in [0.2, 0.25) is 5.91 Å². The normalized spacial score (nSPS) is 24.5. The lowest BCUT2D eigenvalue weighted by atomic mass is 10.1. The highest BCUT2D eigenvalue weighted by Gasteiger charge is 2.18. The van der Waals surface area contributed by atoms with E-state index in [9.17, 15) is 4.79 Å². The van der Waals surface area contributed by atoms with Gasteiger partial charge >= 0.3 is 0 Å². The fraction of sp³-hybridized carbons (Fsp3) is 0.750. The number of allylic oxidation sites excluding steroid dienone is 1. The Morgan fingerprint density at radius 1 is 1.44 bits per heavy atom. The molecule has 1 N–H and O–H groups in total. The second-order valence-electron chi connectivity index (χ2n) is 4.43. The maximum atomic E-state index is 11.7. The monoisotopic (exact) mass is 224 g/mol. The Labute approximate surface area is 96.6 Å². The van der Waals surface area contributed by atoms with Crippen LogP contribution in [0.4, 0.5) is 0 Å². The molecule has 0 bridgehead atoms. The molecule has 1 unspecified atom stereocenters. The highest BCUT2D eigenvalue weighted by Crippen LogP contribution is 2.09. The van der Waals surface area contributed by atoms with Crippen molar-refractivity contribution in [3.63, 3.8) is 0 Å². The zero-order valence-electron chi connectivity index (χ0n) is 9.65. The molecule has 1 saturated heterocycles. The maximum Gasteiger partial charge on any atom is 0.236 e. The number of ether oxygens (including phenoxy) is 1. The molecular formula is C12H20N2O2. The zero-order chi connectivity index (χ0) is 11.2. The second kappa shape index (κ2) is 5.89. The van der Waals surface area contributed by atoms with E-state index < -0.39 is 0 Å². The fourth-order valence-electron chi connectivity index (χ4n) is 2.15. The van der Waals surface area contributed by atoms with E-state index in [4.69, 9.17) is 4.74 Å². The predicted molar refractivity (Wildman–Crippen MR) is 61.9 cm³/mol. The fourth-order valence-corrected chi connectivity index (χ4v) is 2.15. The molecule has 2 aliphatic heterocycles. The second-order valence-corrected chi connectivity index (χ2v) is 4.43. The molecule has 0 aromatic heterocycles. The number of carbonyl (C=O) groups excluding carboxylic acids is 1. The van der Waals surface area contributed by atoms with E-state index >= 15 is 0 Å². The minimum Gasteiger partial charge on any atom is -0.497 e. The summed E-state index contributed by atoms with van der Waals surface area (Å²) in [5.74, 6) is 0.226. The molecular weight excluding hydrogens is 204 g/mol. The van der Waals surface area contributed by atoms with Crippen LogP contribution < -0.4 is 5.32 Å². The maximum absolute atomic E-state index is 11.7. The van der Waals surface area contributed by atoms with Crippen molar-refractivity contribution in [1.29, 1.82) is 0 Å². The van der Waals surface area contributed by atoms with Gasteiger partial charge in [-0.25, -0.2) is 0 Å². The number of likely N-dealkylation sites (tertiary alicyclic amines) is 1. The lowest BCUT2D eigenvalue weighted by Gasteiger charge is -2.21. The lowest BCUT2D eigenvalue weighted by molar-refractivity contribution is -0.129. The van der Waals surface area contributed by atoms with Crippen molar-refractivity contribution in [2.24, 2.45) is 0 Å². The number of rotatable bonds is 4. The molecule has 0 aliphatic carbocycles. The molecule has 1 fully saturated rings. The van der Waals surface area contributed by atoms with Gasteiger partial charge in [-0.1, -0.05) is 0 Å². The summed E-state index contributed by atoms with van der Waals surface area (Å²) in [5, 5.41) is 3.18. The minimum absolute atomic E-state index is 0.226. The summed E-state index contributed by atoms with van der Waals surface area (Å²) in [6.07, 6.45) is 8.46. The van der Waals surface area contributed by atoms with Gasteiger partial charge in [0.15, 0.2) is 0 Å². The summed E-state index contributed by atoms with van der Waals surface area (Å²) in [5.41, 5.74) is 0. The van der Waals surface area contributed by atoms with Gasteiger partial charge < -0.3 is 15.0 Å². The summed E-state index contributed by atoms with van der Waals surface area (Å²) < 4.78 is 5.42. The van der Waals surface area contributed by atoms with Crippen LogP contribution in [0.2, 0.25) is 0 Å². The number of hydrogen-bond donors (Lipinski definition) is 1. The van der Waals surface area contributed by atoms with Crippen LogP contribution in [0.1, 0.15) is 25.7 Å². The van der Waals surface area contributed by atoms with E-state index in [1.807, 2.05) is 11.0 Å². The average molecular weight is 224 g/mol. The standard InChI is InChI=1S/C12H20N2O2/c15-12(14-6-2-3-7-14)10-13-9-11-5-1-4-8-16-11/h4,8,11,13H,1-3,5-7,9-10H2. The first-order valence-electron chi connectivity index (χ1n) is 6.15. The smallest absolute Gasteiger partial charge is 0.236 e. The minimum atomic E-state index is 0.226. The summed E-state index contributed by atoms with van der Waals surface area (Å²) >= 11 is 0. The third-order valence-electron chi connectivity index (χ3n) is 3.13. The molecule has 4 nitrogen and oxygen atoms in total. The Morgan fingerprint density at radius 2 is 2.25 bits per heavy atom. The molecule has 2 aliphatic rings. The molecule has 0 aromatic rings. The van der Waals surface area contributed by atoms with Gasteiger partial charge in [-0.3, -0.25) is 4.79 Å². The Balaban J connectivity index is 1.60. The molecule has 0 spiro atoms. The van der Waals surface area contributed by atoms with E-state index in [2.05, 4.69) is 5.32 Å². The van der Waals surface area contributed by atoms with Crippen LogP contribution >= 0.6 is 0 Å². The van der Waals surface area contributed by atoms with Gasteiger partial charge in [0.1, 0.15) is 6.10 Å². The molecule has 2 heterocycles. The predicted octanol–water partition coefficient (Wildman–Crippen LogP) is 0.891. The van der Waals surface area contributed by atoms with E-state index in [1.54, 1.807) is 6.26 Å². The average Bonchev–Trinajstić information content (AvgIpc) is 2.84. The third kappa shape index (κ3) is 3.23. The number of amides is 1. The zero-order valence-corrected chi connectivity index (χ0v) is 9.65. The van der Waals surface area contributed by atoms with Crippen LogP contribution in [-0.4, -0.2) is 43.1 Å². The van der Waals surface area contributed by atoms with Gasteiger partial charge in [0, 0.05) is 19.6 Å². The van der Waals surface area contributed by atoms with E-state index in [0.29, 0.717) is 6.54 Å². The molecule has 0 radical (unpaired) electrons. The van der Waals surface area contributed by atoms with Crippen molar-refractivity contribution >= 4 is 5.91 Å². The molecule has 1 atom stereocenters. The lowest BCUT2D eigenvalue weighted by Crippen LogP contribution is -2.39. The Hall–Kier alpha value is -1.03. The quantitative estimate of drug-likeness (QED) is 0.771. The number of hydrogen-bond acceptors (Lipinski definition) is 3. The van der Waals surface area contributed by atoms with E-state index in [-0.39, 0.29) is 12.0 Å². The van der Waals surface area contributed by atoms with Crippen LogP contribution in [0, 0.1) is 0 Å². The van der Waals surface area contributed by atoms with Gasteiger partial charge in [-0.2, -0.15) is 0 Å². The Morgan fingerprint density at radius 3 is 2.94 bits per heavy atom. The highest BCUT2D eigenvalue weighted by atomic mass is 16.5. The number of carbonyl (C=O) groups is 1. The van der Waals surface area contributed by atoms with Crippen molar-refractivity contribution in [3.05, 3.63) is 12.3 Å². The number of nitrogens with one attached hydrogen (secondary N) is 1. The topological polar surface area (TPSA) is 41.6 Å². The van der Waals surface area contributed by atoms with Crippen LogP contribution in [0.5, 0.6) is 0 Å². The summed E-state index contributed by atoms with van der Waals surface area (Å²) in [6, 6.07) is 0. The molecule has 1 amide bonds. The summed E-state index contributed by atoms with van der Waals surface area (Å²) in [6.45, 7) is 3.08. The largest absolute Gasteiger partial charge is 0.497 e. The van der Waals surface area contributed by atoms with Crippen molar-refractivity contribution in [2.45, 2.75) is 31.8 Å². The van der Waals surface area contributed by atoms with Crippen LogP contribution in [0.25, 0.3) is 0 Å². The highest BCUT2D eigenvalue weighted by molar-refractivity contribution is 5.78. The molecule has 4 heteroatoms. The van der Waals surface area contributed by atoms with Gasteiger partial charge in [0.25, 0.3) is 0 Å². The summed E-state index contributed by atoms with van der Waals surface area (Å²) in [7, 11) is 0. The van der Waals surface area contributed by atoms with Crippen LogP contribution in [0.3, 0.4) is 0 Å². The van der Waals surface area contributed by atoms with Gasteiger partial charge in [0.05, 0.1) is 12.8 Å². The third-order valence-corrected chi connectivity index (χ3v) is 3.13. The molecule has 0 aromatic carbocycles. The Kier molecular flexibility index (Phi) is 4.22. The van der Waals surface area contributed by atoms with Gasteiger partial charge in [-0.05, 0) is 31.8 Å². The van der Waals surface area contributed by atoms with Gasteiger partial charge in [-0.15, -0.1) is 0 Å². The number of nitrogens with zero attached hydrogens (tertiary/aromatic N) is 1. The molecule has 2 rings (SSSR count). The van der Waals surface area contributed by atoms with Crippen LogP contribution in [-0.2, 0) is 9.53 Å². The Bertz CT molecular complexity index is 260. The van der Waals surface area contributed by atoms with Crippen LogP contribution in [0.15, 0.2) is 12.3 Å². The molecule has 0 saturated carbocycles. The van der Waals surface area contributed by atoms with Crippen molar-refractivity contribution in [2.75, 3.05) is 26.2 Å². The van der Waals surface area contributed by atoms with E-state index in [1.165, 1.54) is 0 Å². The first-order valence-corrected chi connectivity index (χ1v) is 6.15. The molecule has 16 heavy (non-hydrogen) atoms. The van der Waals surface area contributed by atoms with E-state index in [0.717, 1.165) is 45.3 Å². The molecule has 90 valence electrons.